The Morgan fingerprint density at radius 3 is 2.09 bits per heavy atom. The molecular formula is C24H37N3O5. The molecule has 1 aromatic rings. The molecule has 8 nitrogen and oxygen atoms in total. The molecule has 0 heterocycles. The number of nitrogens with zero attached hydrogens (tertiary/aromatic N) is 3. The minimum atomic E-state index is -0.908. The van der Waals surface area contributed by atoms with Crippen LogP contribution < -0.4 is 0 Å². The summed E-state index contributed by atoms with van der Waals surface area (Å²) in [4.78, 5) is 32.3. The van der Waals surface area contributed by atoms with Crippen LogP contribution in [0.3, 0.4) is 0 Å². The predicted octanol–water partition coefficient (Wildman–Crippen LogP) is 4.75. The van der Waals surface area contributed by atoms with E-state index in [0.717, 1.165) is 0 Å². The minimum Gasteiger partial charge on any atom is -0.443 e. The first-order chi connectivity index (χ1) is 14.7. The van der Waals surface area contributed by atoms with Crippen LogP contribution in [0.15, 0.2) is 48.0 Å². The van der Waals surface area contributed by atoms with Crippen LogP contribution in [0.25, 0.3) is 0 Å². The maximum absolute atomic E-state index is 13.0. The number of amides is 2. The Balaban J connectivity index is 3.40. The molecule has 8 heteroatoms. The van der Waals surface area contributed by atoms with Crippen molar-refractivity contribution in [2.24, 2.45) is 4.99 Å². The van der Waals surface area contributed by atoms with Crippen molar-refractivity contribution in [3.05, 3.63) is 48.6 Å². The third-order valence-electron chi connectivity index (χ3n) is 4.28. The van der Waals surface area contributed by atoms with Crippen molar-refractivity contribution < 1.29 is 24.2 Å². The van der Waals surface area contributed by atoms with Crippen LogP contribution in [-0.4, -0.2) is 63.9 Å². The van der Waals surface area contributed by atoms with Crippen LogP contribution in [0.2, 0.25) is 0 Å². The van der Waals surface area contributed by atoms with Crippen molar-refractivity contribution in [3.8, 4) is 0 Å². The highest BCUT2D eigenvalue weighted by Gasteiger charge is 2.32. The fourth-order valence-corrected chi connectivity index (χ4v) is 2.70. The minimum absolute atomic E-state index is 0.0177. The molecule has 1 N–H and O–H groups in total. The zero-order valence-electron chi connectivity index (χ0n) is 20.5. The third kappa shape index (κ3) is 8.70. The number of ether oxygens (including phenoxy) is 2. The standard InChI is InChI=1S/C24H37N3O5/c1-10-16-27(22(30)32-24(6,7)8)20(25-21(29)31-23(3,4)5)26(9)17(2)19(28)18-14-12-11-13-15-18/h10-15,17,19,28H,1,16H2,2-9H3/b25-20-/t17-,19-/m0/s1. The average molecular weight is 448 g/mol. The third-order valence-corrected chi connectivity index (χ3v) is 4.28. The molecule has 2 amide bonds. The van der Waals surface area contributed by atoms with Gasteiger partial charge in [0.1, 0.15) is 11.2 Å². The number of guanidine groups is 1. The zero-order valence-corrected chi connectivity index (χ0v) is 20.5. The van der Waals surface area contributed by atoms with Crippen molar-refractivity contribution in [1.29, 1.82) is 0 Å². The van der Waals surface area contributed by atoms with E-state index in [1.807, 2.05) is 18.2 Å². The Morgan fingerprint density at radius 2 is 1.62 bits per heavy atom. The first-order valence-electron chi connectivity index (χ1n) is 10.5. The van der Waals surface area contributed by atoms with Crippen molar-refractivity contribution in [1.82, 2.24) is 9.80 Å². The summed E-state index contributed by atoms with van der Waals surface area (Å²) in [5.41, 5.74) is -0.841. The van der Waals surface area contributed by atoms with Gasteiger partial charge in [-0.05, 0) is 54.0 Å². The Kier molecular flexibility index (Phi) is 9.45. The number of carbonyl (C=O) groups excluding carboxylic acids is 2. The van der Waals surface area contributed by atoms with Gasteiger partial charge < -0.3 is 19.5 Å². The molecule has 0 bridgehead atoms. The van der Waals surface area contributed by atoms with Crippen LogP contribution in [0.1, 0.15) is 60.1 Å². The molecule has 0 saturated heterocycles. The summed E-state index contributed by atoms with van der Waals surface area (Å²) in [6, 6.07) is 8.56. The Hall–Kier alpha value is -2.87. The van der Waals surface area contributed by atoms with Crippen LogP contribution in [0.5, 0.6) is 0 Å². The van der Waals surface area contributed by atoms with Gasteiger partial charge in [0.15, 0.2) is 0 Å². The summed E-state index contributed by atoms with van der Waals surface area (Å²) >= 11 is 0. The van der Waals surface area contributed by atoms with Gasteiger partial charge in [0, 0.05) is 13.6 Å². The molecule has 0 fully saturated rings. The Bertz CT molecular complexity index is 809. The van der Waals surface area contributed by atoms with E-state index in [9.17, 15) is 14.7 Å². The van der Waals surface area contributed by atoms with E-state index in [2.05, 4.69) is 11.6 Å². The van der Waals surface area contributed by atoms with Crippen LogP contribution in [0.4, 0.5) is 9.59 Å². The summed E-state index contributed by atoms with van der Waals surface area (Å²) in [7, 11) is 1.64. The number of aliphatic imine (C=N–C) groups is 1. The number of aliphatic hydroxyl groups is 1. The molecule has 0 radical (unpaired) electrons. The van der Waals surface area contributed by atoms with E-state index in [-0.39, 0.29) is 12.5 Å². The van der Waals surface area contributed by atoms with E-state index < -0.39 is 35.5 Å². The smallest absolute Gasteiger partial charge is 0.437 e. The maximum atomic E-state index is 13.0. The van der Waals surface area contributed by atoms with Gasteiger partial charge in [-0.3, -0.25) is 0 Å². The molecule has 32 heavy (non-hydrogen) atoms. The van der Waals surface area contributed by atoms with Crippen LogP contribution in [0, 0.1) is 0 Å². The lowest BCUT2D eigenvalue weighted by molar-refractivity contribution is 0.0340. The SMILES string of the molecule is C=CCN(C(=O)OC(C)(C)C)/C(=N\C(=O)OC(C)(C)C)N(C)[C@@H](C)[C@H](O)c1ccccc1. The average Bonchev–Trinajstić information content (AvgIpc) is 2.66. The second-order valence-electron chi connectivity index (χ2n) is 9.48. The summed E-state index contributed by atoms with van der Waals surface area (Å²) in [5.74, 6) is -0.0177. The number of rotatable bonds is 5. The molecule has 0 saturated carbocycles. The lowest BCUT2D eigenvalue weighted by atomic mass is 10.0. The normalized spacial score (nSPS) is 14.2. The van der Waals surface area contributed by atoms with Crippen molar-refractivity contribution in [2.45, 2.75) is 71.8 Å². The van der Waals surface area contributed by atoms with E-state index in [4.69, 9.17) is 9.47 Å². The van der Waals surface area contributed by atoms with Gasteiger partial charge in [0.2, 0.25) is 5.96 Å². The molecule has 0 spiro atoms. The van der Waals surface area contributed by atoms with Crippen molar-refractivity contribution in [3.63, 3.8) is 0 Å². The highest BCUT2D eigenvalue weighted by Crippen LogP contribution is 2.22. The second-order valence-corrected chi connectivity index (χ2v) is 9.48. The van der Waals surface area contributed by atoms with Gasteiger partial charge in [-0.1, -0.05) is 36.4 Å². The molecule has 0 aliphatic carbocycles. The molecule has 1 rings (SSSR count). The molecule has 2 atom stereocenters. The Labute approximate surface area is 191 Å². The first-order valence-corrected chi connectivity index (χ1v) is 10.5. The van der Waals surface area contributed by atoms with Gasteiger partial charge in [-0.2, -0.15) is 0 Å². The van der Waals surface area contributed by atoms with E-state index >= 15 is 0 Å². The maximum Gasteiger partial charge on any atom is 0.437 e. The molecule has 0 aliphatic rings. The molecule has 1 aromatic carbocycles. The second kappa shape index (κ2) is 11.1. The van der Waals surface area contributed by atoms with Crippen LogP contribution in [-0.2, 0) is 9.47 Å². The molecular weight excluding hydrogens is 410 g/mol. The van der Waals surface area contributed by atoms with Crippen molar-refractivity contribution in [2.75, 3.05) is 13.6 Å². The van der Waals surface area contributed by atoms with E-state index in [1.165, 1.54) is 11.0 Å². The number of hydrogen-bond acceptors (Lipinski definition) is 5. The van der Waals surface area contributed by atoms with Gasteiger partial charge in [0.25, 0.3) is 0 Å². The molecule has 0 aromatic heterocycles. The number of likely N-dealkylation sites (N-methyl/N-ethyl adjacent to an activating group) is 1. The summed E-state index contributed by atoms with van der Waals surface area (Å²) in [5, 5.41) is 10.9. The largest absolute Gasteiger partial charge is 0.443 e. The summed E-state index contributed by atoms with van der Waals surface area (Å²) < 4.78 is 10.8. The fraction of sp³-hybridized carbons (Fsp3) is 0.542. The summed E-state index contributed by atoms with van der Waals surface area (Å²) in [6.45, 7) is 15.9. The van der Waals surface area contributed by atoms with Gasteiger partial charge in [0.05, 0.1) is 12.1 Å². The Morgan fingerprint density at radius 1 is 1.09 bits per heavy atom. The number of hydrogen-bond donors (Lipinski definition) is 1. The topological polar surface area (TPSA) is 91.7 Å². The summed E-state index contributed by atoms with van der Waals surface area (Å²) in [6.07, 6.45) is -0.971. The van der Waals surface area contributed by atoms with E-state index in [0.29, 0.717) is 5.56 Å². The lowest BCUT2D eigenvalue weighted by Gasteiger charge is -2.36. The zero-order chi connectivity index (χ0) is 24.7. The fourth-order valence-electron chi connectivity index (χ4n) is 2.70. The lowest BCUT2D eigenvalue weighted by Crippen LogP contribution is -2.52. The molecule has 0 aliphatic heterocycles. The van der Waals surface area contributed by atoms with E-state index in [1.54, 1.807) is 72.5 Å². The first kappa shape index (κ1) is 27.2. The number of benzene rings is 1. The van der Waals surface area contributed by atoms with Crippen molar-refractivity contribution >= 4 is 18.1 Å². The monoisotopic (exact) mass is 447 g/mol. The quantitative estimate of drug-likeness (QED) is 0.398. The highest BCUT2D eigenvalue weighted by atomic mass is 16.6. The highest BCUT2D eigenvalue weighted by molar-refractivity contribution is 5.99. The predicted molar refractivity (Wildman–Crippen MR) is 125 cm³/mol. The number of aliphatic hydroxyl groups excluding tert-OH is 1. The van der Waals surface area contributed by atoms with Gasteiger partial charge in [-0.25, -0.2) is 14.5 Å². The van der Waals surface area contributed by atoms with Gasteiger partial charge >= 0.3 is 12.2 Å². The molecule has 0 unspecified atom stereocenters. The molecule has 178 valence electrons. The van der Waals surface area contributed by atoms with Crippen LogP contribution >= 0.6 is 0 Å². The number of carbonyl (C=O) groups is 2. The van der Waals surface area contributed by atoms with Gasteiger partial charge in [-0.15, -0.1) is 11.6 Å².